The summed E-state index contributed by atoms with van der Waals surface area (Å²) in [5.41, 5.74) is 1.75. The zero-order chi connectivity index (χ0) is 20.9. The molecule has 0 saturated heterocycles. The predicted molar refractivity (Wildman–Crippen MR) is 107 cm³/mol. The van der Waals surface area contributed by atoms with Crippen molar-refractivity contribution < 1.29 is 18.7 Å². The predicted octanol–water partition coefficient (Wildman–Crippen LogP) is 3.73. The molecule has 2 rings (SSSR count). The smallest absolute Gasteiger partial charge is 0.322 e. The van der Waals surface area contributed by atoms with Crippen LogP contribution >= 0.6 is 11.8 Å². The minimum absolute atomic E-state index is 0.0319. The second-order valence-corrected chi connectivity index (χ2v) is 9.38. The highest BCUT2D eigenvalue weighted by Crippen LogP contribution is 2.32. The van der Waals surface area contributed by atoms with E-state index < -0.39 is 4.75 Å². The third-order valence-corrected chi connectivity index (χ3v) is 4.99. The Bertz CT molecular complexity index is 823. The molecular weight excluding hydrogens is 378 g/mol. The number of esters is 1. The summed E-state index contributed by atoms with van der Waals surface area (Å²) in [6, 6.07) is 7.50. The van der Waals surface area contributed by atoms with E-state index in [0.717, 1.165) is 17.3 Å². The second-order valence-electron chi connectivity index (χ2n) is 7.80. The molecule has 8 heteroatoms. The van der Waals surface area contributed by atoms with Gasteiger partial charge >= 0.3 is 5.97 Å². The van der Waals surface area contributed by atoms with Gasteiger partial charge < -0.3 is 14.5 Å². The first-order valence-electron chi connectivity index (χ1n) is 9.10. The van der Waals surface area contributed by atoms with Gasteiger partial charge in [-0.3, -0.25) is 9.59 Å². The SMILES string of the molecule is CCOC(=O)C(C)(C)Sc1nnc(CNC(=O)c2ccc(C(C)(C)C)cc2)o1. The zero-order valence-electron chi connectivity index (χ0n) is 17.2. The van der Waals surface area contributed by atoms with Crippen LogP contribution in [0.25, 0.3) is 0 Å². The molecule has 1 N–H and O–H groups in total. The normalized spacial score (nSPS) is 11.9. The van der Waals surface area contributed by atoms with Crippen LogP contribution in [0.5, 0.6) is 0 Å². The van der Waals surface area contributed by atoms with E-state index in [2.05, 4.69) is 36.3 Å². The van der Waals surface area contributed by atoms with Crippen molar-refractivity contribution in [2.24, 2.45) is 0 Å². The van der Waals surface area contributed by atoms with E-state index in [4.69, 9.17) is 9.15 Å². The van der Waals surface area contributed by atoms with Gasteiger partial charge in [0.05, 0.1) is 13.2 Å². The molecule has 1 aromatic heterocycles. The summed E-state index contributed by atoms with van der Waals surface area (Å²) in [5, 5.41) is 10.8. The van der Waals surface area contributed by atoms with Crippen LogP contribution in [0, 0.1) is 0 Å². The summed E-state index contributed by atoms with van der Waals surface area (Å²) >= 11 is 1.12. The lowest BCUT2D eigenvalue weighted by atomic mass is 9.87. The monoisotopic (exact) mass is 405 g/mol. The lowest BCUT2D eigenvalue weighted by molar-refractivity contribution is -0.145. The van der Waals surface area contributed by atoms with E-state index in [1.807, 2.05) is 12.1 Å². The highest BCUT2D eigenvalue weighted by atomic mass is 32.2. The van der Waals surface area contributed by atoms with Crippen LogP contribution in [-0.4, -0.2) is 33.4 Å². The van der Waals surface area contributed by atoms with E-state index in [9.17, 15) is 9.59 Å². The number of hydrogen-bond acceptors (Lipinski definition) is 7. The first-order valence-corrected chi connectivity index (χ1v) is 9.92. The van der Waals surface area contributed by atoms with Gasteiger partial charge in [-0.1, -0.05) is 32.9 Å². The Balaban J connectivity index is 1.93. The summed E-state index contributed by atoms with van der Waals surface area (Å²) in [7, 11) is 0. The Hall–Kier alpha value is -2.35. The Labute approximate surface area is 169 Å². The van der Waals surface area contributed by atoms with Crippen LogP contribution in [0.2, 0.25) is 0 Å². The number of benzene rings is 1. The number of amides is 1. The molecule has 0 bridgehead atoms. The minimum atomic E-state index is -0.849. The highest BCUT2D eigenvalue weighted by molar-refractivity contribution is 8.01. The van der Waals surface area contributed by atoms with Gasteiger partial charge in [0.25, 0.3) is 11.1 Å². The quantitative estimate of drug-likeness (QED) is 0.554. The number of aromatic nitrogens is 2. The van der Waals surface area contributed by atoms with Crippen molar-refractivity contribution in [1.82, 2.24) is 15.5 Å². The Morgan fingerprint density at radius 3 is 2.32 bits per heavy atom. The Morgan fingerprint density at radius 1 is 1.11 bits per heavy atom. The number of ether oxygens (including phenoxy) is 1. The van der Waals surface area contributed by atoms with E-state index >= 15 is 0 Å². The maximum absolute atomic E-state index is 12.3. The zero-order valence-corrected chi connectivity index (χ0v) is 18.0. The average Bonchev–Trinajstić information content (AvgIpc) is 3.06. The highest BCUT2D eigenvalue weighted by Gasteiger charge is 2.33. The average molecular weight is 406 g/mol. The molecule has 0 spiro atoms. The summed E-state index contributed by atoms with van der Waals surface area (Å²) in [6.45, 7) is 12.0. The maximum Gasteiger partial charge on any atom is 0.322 e. The molecule has 1 heterocycles. The van der Waals surface area contributed by atoms with Crippen LogP contribution in [0.4, 0.5) is 0 Å². The standard InChI is InChI=1S/C20H27N3O4S/c1-7-26-17(25)20(5,6)28-18-23-22-15(27-18)12-21-16(24)13-8-10-14(11-9-13)19(2,3)4/h8-11H,7,12H2,1-6H3,(H,21,24). The van der Waals surface area contributed by atoms with Crippen LogP contribution < -0.4 is 5.32 Å². The largest absolute Gasteiger partial charge is 0.465 e. The number of nitrogens with one attached hydrogen (secondary N) is 1. The van der Waals surface area contributed by atoms with E-state index in [0.29, 0.717) is 12.2 Å². The van der Waals surface area contributed by atoms with Gasteiger partial charge in [0.15, 0.2) is 0 Å². The second kappa shape index (κ2) is 8.77. The lowest BCUT2D eigenvalue weighted by Gasteiger charge is -2.19. The van der Waals surface area contributed by atoms with Gasteiger partial charge in [0.2, 0.25) is 5.89 Å². The fourth-order valence-electron chi connectivity index (χ4n) is 2.30. The van der Waals surface area contributed by atoms with Crippen molar-refractivity contribution >= 4 is 23.6 Å². The molecule has 0 unspecified atom stereocenters. The third-order valence-electron chi connectivity index (χ3n) is 3.97. The molecule has 7 nitrogen and oxygen atoms in total. The molecule has 0 fully saturated rings. The molecule has 0 atom stereocenters. The molecule has 0 aliphatic heterocycles. The third kappa shape index (κ3) is 5.82. The van der Waals surface area contributed by atoms with Crippen molar-refractivity contribution in [2.75, 3.05) is 6.61 Å². The number of carbonyl (C=O) groups is 2. The van der Waals surface area contributed by atoms with Crippen LogP contribution in [0.3, 0.4) is 0 Å². The van der Waals surface area contributed by atoms with Crippen LogP contribution in [-0.2, 0) is 21.5 Å². The molecular formula is C20H27N3O4S. The topological polar surface area (TPSA) is 94.3 Å². The van der Waals surface area contributed by atoms with Gasteiger partial charge in [-0.05, 0) is 55.6 Å². The van der Waals surface area contributed by atoms with E-state index in [-0.39, 0.29) is 34.9 Å². The summed E-state index contributed by atoms with van der Waals surface area (Å²) in [4.78, 5) is 24.3. The molecule has 152 valence electrons. The minimum Gasteiger partial charge on any atom is -0.465 e. The van der Waals surface area contributed by atoms with Gasteiger partial charge in [-0.25, -0.2) is 0 Å². The van der Waals surface area contributed by atoms with Crippen molar-refractivity contribution in [2.45, 2.75) is 63.5 Å². The van der Waals surface area contributed by atoms with Gasteiger partial charge in [-0.15, -0.1) is 10.2 Å². The maximum atomic E-state index is 12.3. The Kier molecular flexibility index (Phi) is 6.87. The molecule has 0 radical (unpaired) electrons. The number of thioether (sulfide) groups is 1. The molecule has 2 aromatic rings. The van der Waals surface area contributed by atoms with Crippen molar-refractivity contribution in [3.05, 3.63) is 41.3 Å². The van der Waals surface area contributed by atoms with E-state index in [1.54, 1.807) is 32.9 Å². The summed E-state index contributed by atoms with van der Waals surface area (Å²) in [6.07, 6.45) is 0. The number of rotatable bonds is 7. The molecule has 0 saturated carbocycles. The summed E-state index contributed by atoms with van der Waals surface area (Å²) in [5.74, 6) is -0.312. The van der Waals surface area contributed by atoms with Gasteiger partial charge in [0.1, 0.15) is 4.75 Å². The van der Waals surface area contributed by atoms with Crippen molar-refractivity contribution in [3.63, 3.8) is 0 Å². The molecule has 0 aliphatic rings. The molecule has 0 aliphatic carbocycles. The van der Waals surface area contributed by atoms with Crippen LogP contribution in [0.15, 0.2) is 33.9 Å². The van der Waals surface area contributed by atoms with E-state index in [1.165, 1.54) is 0 Å². The van der Waals surface area contributed by atoms with Gasteiger partial charge in [0, 0.05) is 5.56 Å². The Morgan fingerprint density at radius 2 is 1.75 bits per heavy atom. The van der Waals surface area contributed by atoms with Crippen molar-refractivity contribution in [3.8, 4) is 0 Å². The molecule has 1 aromatic carbocycles. The number of hydrogen-bond donors (Lipinski definition) is 1. The number of carbonyl (C=O) groups excluding carboxylic acids is 2. The van der Waals surface area contributed by atoms with Crippen molar-refractivity contribution in [1.29, 1.82) is 0 Å². The summed E-state index contributed by atoms with van der Waals surface area (Å²) < 4.78 is 9.70. The number of nitrogens with zero attached hydrogens (tertiary/aromatic N) is 2. The van der Waals surface area contributed by atoms with Crippen LogP contribution in [0.1, 0.15) is 63.4 Å². The van der Waals surface area contributed by atoms with Gasteiger partial charge in [-0.2, -0.15) is 0 Å². The first kappa shape index (κ1) is 21.9. The first-order chi connectivity index (χ1) is 13.0. The lowest BCUT2D eigenvalue weighted by Crippen LogP contribution is -2.30. The molecule has 1 amide bonds. The fourth-order valence-corrected chi connectivity index (χ4v) is 3.09. The molecule has 28 heavy (non-hydrogen) atoms. The fraction of sp³-hybridized carbons (Fsp3) is 0.500.